The van der Waals surface area contributed by atoms with Crippen LogP contribution in [0.5, 0.6) is 0 Å². The van der Waals surface area contributed by atoms with E-state index in [-0.39, 0.29) is 11.7 Å². The number of hydrogen-bond acceptors (Lipinski definition) is 2. The molecule has 98 valence electrons. The molecule has 0 aliphatic rings. The van der Waals surface area contributed by atoms with Crippen LogP contribution in [0.3, 0.4) is 0 Å². The summed E-state index contributed by atoms with van der Waals surface area (Å²) < 4.78 is 14.4. The van der Waals surface area contributed by atoms with Crippen molar-refractivity contribution in [2.75, 3.05) is 0 Å². The van der Waals surface area contributed by atoms with Gasteiger partial charge in [-0.15, -0.1) is 0 Å². The molecule has 1 aromatic heterocycles. The molecule has 0 fully saturated rings. The maximum absolute atomic E-state index is 12.7. The number of benzene rings is 1. The van der Waals surface area contributed by atoms with Crippen molar-refractivity contribution in [3.8, 4) is 0 Å². The van der Waals surface area contributed by atoms with Crippen molar-refractivity contribution in [3.05, 3.63) is 59.7 Å². The minimum absolute atomic E-state index is 0.201. The second-order valence-corrected chi connectivity index (χ2v) is 4.12. The summed E-state index contributed by atoms with van der Waals surface area (Å²) in [6, 6.07) is 5.93. The standard InChI is InChI=1S/C14H14FN3O/c1-18-10-12(9-17-18)8-16-14(19)7-4-11-2-5-13(15)6-3-11/h2-7,9-10H,8H2,1H3,(H,16,19)/b7-4+. The van der Waals surface area contributed by atoms with Crippen LogP contribution in [0.2, 0.25) is 0 Å². The average molecular weight is 259 g/mol. The highest BCUT2D eigenvalue weighted by molar-refractivity contribution is 5.91. The molecule has 4 nitrogen and oxygen atoms in total. The number of rotatable bonds is 4. The van der Waals surface area contributed by atoms with E-state index in [1.54, 1.807) is 29.1 Å². The van der Waals surface area contributed by atoms with E-state index in [0.717, 1.165) is 11.1 Å². The SMILES string of the molecule is Cn1cc(CNC(=O)/C=C/c2ccc(F)cc2)cn1. The number of halogens is 1. The molecule has 0 radical (unpaired) electrons. The fourth-order valence-corrected chi connectivity index (χ4v) is 1.56. The van der Waals surface area contributed by atoms with Gasteiger partial charge in [-0.2, -0.15) is 5.10 Å². The molecule has 0 bridgehead atoms. The van der Waals surface area contributed by atoms with Gasteiger partial charge in [0.2, 0.25) is 5.91 Å². The predicted octanol–water partition coefficient (Wildman–Crippen LogP) is 1.89. The first-order chi connectivity index (χ1) is 9.13. The Kier molecular flexibility index (Phi) is 4.07. The number of hydrogen-bond donors (Lipinski definition) is 1. The second-order valence-electron chi connectivity index (χ2n) is 4.12. The average Bonchev–Trinajstić information content (AvgIpc) is 2.81. The van der Waals surface area contributed by atoms with Crippen LogP contribution in [0.1, 0.15) is 11.1 Å². The Bertz CT molecular complexity index is 587. The molecule has 19 heavy (non-hydrogen) atoms. The Balaban J connectivity index is 1.85. The topological polar surface area (TPSA) is 46.9 Å². The van der Waals surface area contributed by atoms with E-state index in [1.165, 1.54) is 18.2 Å². The van der Waals surface area contributed by atoms with Gasteiger partial charge in [0.1, 0.15) is 5.82 Å². The molecule has 5 heteroatoms. The van der Waals surface area contributed by atoms with Gasteiger partial charge in [0.15, 0.2) is 0 Å². The van der Waals surface area contributed by atoms with Crippen LogP contribution >= 0.6 is 0 Å². The molecule has 0 spiro atoms. The van der Waals surface area contributed by atoms with Gasteiger partial charge in [0.25, 0.3) is 0 Å². The molecule has 0 saturated heterocycles. The number of nitrogens with zero attached hydrogens (tertiary/aromatic N) is 2. The van der Waals surface area contributed by atoms with E-state index >= 15 is 0 Å². The summed E-state index contributed by atoms with van der Waals surface area (Å²) in [5, 5.41) is 6.75. The summed E-state index contributed by atoms with van der Waals surface area (Å²) in [7, 11) is 1.82. The Morgan fingerprint density at radius 1 is 1.42 bits per heavy atom. The van der Waals surface area contributed by atoms with Gasteiger partial charge in [-0.05, 0) is 23.8 Å². The van der Waals surface area contributed by atoms with Crippen molar-refractivity contribution in [1.29, 1.82) is 0 Å². The van der Waals surface area contributed by atoms with E-state index in [1.807, 2.05) is 13.2 Å². The highest BCUT2D eigenvalue weighted by Crippen LogP contribution is 2.04. The lowest BCUT2D eigenvalue weighted by Crippen LogP contribution is -2.19. The molecule has 1 aromatic carbocycles. The number of aryl methyl sites for hydroxylation is 1. The van der Waals surface area contributed by atoms with Crippen molar-refractivity contribution >= 4 is 12.0 Å². The summed E-state index contributed by atoms with van der Waals surface area (Å²) >= 11 is 0. The zero-order chi connectivity index (χ0) is 13.7. The van der Waals surface area contributed by atoms with E-state index in [4.69, 9.17) is 0 Å². The van der Waals surface area contributed by atoms with Gasteiger partial charge in [-0.25, -0.2) is 4.39 Å². The molecule has 0 saturated carbocycles. The molecule has 0 aliphatic heterocycles. The molecular formula is C14H14FN3O. The lowest BCUT2D eigenvalue weighted by Gasteiger charge is -1.98. The van der Waals surface area contributed by atoms with Crippen LogP contribution in [0.4, 0.5) is 4.39 Å². The maximum Gasteiger partial charge on any atom is 0.244 e. The van der Waals surface area contributed by atoms with Crippen molar-refractivity contribution in [3.63, 3.8) is 0 Å². The molecule has 2 rings (SSSR count). The molecule has 1 N–H and O–H groups in total. The minimum atomic E-state index is -0.293. The molecule has 0 unspecified atom stereocenters. The third-order valence-electron chi connectivity index (χ3n) is 2.52. The number of amides is 1. The molecule has 1 heterocycles. The van der Waals surface area contributed by atoms with E-state index in [2.05, 4.69) is 10.4 Å². The smallest absolute Gasteiger partial charge is 0.244 e. The van der Waals surface area contributed by atoms with E-state index in [0.29, 0.717) is 6.54 Å². The molecule has 0 atom stereocenters. The van der Waals surface area contributed by atoms with Gasteiger partial charge < -0.3 is 5.32 Å². The Morgan fingerprint density at radius 2 is 2.16 bits per heavy atom. The minimum Gasteiger partial charge on any atom is -0.348 e. The predicted molar refractivity (Wildman–Crippen MR) is 70.5 cm³/mol. The van der Waals surface area contributed by atoms with Gasteiger partial charge in [0, 0.05) is 31.4 Å². The van der Waals surface area contributed by atoms with Crippen LogP contribution in [-0.4, -0.2) is 15.7 Å². The summed E-state index contributed by atoms with van der Waals surface area (Å²) in [5.41, 5.74) is 1.71. The Labute approximate surface area is 110 Å². The normalized spacial score (nSPS) is 10.8. The summed E-state index contributed by atoms with van der Waals surface area (Å²) in [6.45, 7) is 0.431. The summed E-state index contributed by atoms with van der Waals surface area (Å²) in [6.07, 6.45) is 6.59. The first-order valence-electron chi connectivity index (χ1n) is 5.82. The first-order valence-corrected chi connectivity index (χ1v) is 5.82. The third-order valence-corrected chi connectivity index (χ3v) is 2.52. The lowest BCUT2D eigenvalue weighted by atomic mass is 10.2. The molecule has 0 aliphatic carbocycles. The number of carbonyl (C=O) groups is 1. The zero-order valence-corrected chi connectivity index (χ0v) is 10.5. The molecule has 2 aromatic rings. The fraction of sp³-hybridized carbons (Fsp3) is 0.143. The van der Waals surface area contributed by atoms with Crippen LogP contribution in [-0.2, 0) is 18.4 Å². The third kappa shape index (κ3) is 4.06. The quantitative estimate of drug-likeness (QED) is 0.852. The molecular weight excluding hydrogens is 245 g/mol. The summed E-state index contributed by atoms with van der Waals surface area (Å²) in [4.78, 5) is 11.6. The largest absolute Gasteiger partial charge is 0.348 e. The van der Waals surface area contributed by atoms with Crippen LogP contribution in [0.25, 0.3) is 6.08 Å². The van der Waals surface area contributed by atoms with Crippen molar-refractivity contribution in [2.45, 2.75) is 6.54 Å². The number of carbonyl (C=O) groups excluding carboxylic acids is 1. The summed E-state index contributed by atoms with van der Waals surface area (Å²) in [5.74, 6) is -0.494. The Hall–Kier alpha value is -2.43. The Morgan fingerprint density at radius 3 is 2.79 bits per heavy atom. The van der Waals surface area contributed by atoms with Gasteiger partial charge in [-0.3, -0.25) is 9.48 Å². The van der Waals surface area contributed by atoms with Gasteiger partial charge in [-0.1, -0.05) is 12.1 Å². The van der Waals surface area contributed by atoms with Crippen molar-refractivity contribution in [2.24, 2.45) is 7.05 Å². The van der Waals surface area contributed by atoms with Crippen LogP contribution in [0, 0.1) is 5.82 Å². The van der Waals surface area contributed by atoms with E-state index in [9.17, 15) is 9.18 Å². The molecule has 1 amide bonds. The van der Waals surface area contributed by atoms with Gasteiger partial charge >= 0.3 is 0 Å². The highest BCUT2D eigenvalue weighted by atomic mass is 19.1. The second kappa shape index (κ2) is 5.95. The van der Waals surface area contributed by atoms with Crippen LogP contribution in [0.15, 0.2) is 42.7 Å². The number of aromatic nitrogens is 2. The van der Waals surface area contributed by atoms with Crippen molar-refractivity contribution in [1.82, 2.24) is 15.1 Å². The zero-order valence-electron chi connectivity index (χ0n) is 10.5. The number of nitrogens with one attached hydrogen (secondary N) is 1. The van der Waals surface area contributed by atoms with Gasteiger partial charge in [0.05, 0.1) is 6.20 Å². The first kappa shape index (κ1) is 13.0. The fourth-order valence-electron chi connectivity index (χ4n) is 1.56. The van der Waals surface area contributed by atoms with E-state index < -0.39 is 0 Å². The maximum atomic E-state index is 12.7. The highest BCUT2D eigenvalue weighted by Gasteiger charge is 1.98. The lowest BCUT2D eigenvalue weighted by molar-refractivity contribution is -0.116. The van der Waals surface area contributed by atoms with Crippen LogP contribution < -0.4 is 5.32 Å². The monoisotopic (exact) mass is 259 g/mol. The van der Waals surface area contributed by atoms with Crippen molar-refractivity contribution < 1.29 is 9.18 Å².